The van der Waals surface area contributed by atoms with Gasteiger partial charge in [0.1, 0.15) is 16.9 Å². The van der Waals surface area contributed by atoms with Crippen LogP contribution in [-0.4, -0.2) is 94.4 Å². The topological polar surface area (TPSA) is 99.1 Å². The standard InChI is InChI=1S/C30H40N8O3/c1-29(2,3)41-28(40)37-16-17-38(30(20-37)10-11-30)24-18-21-19-31-27(33-25(21)35(5)26(24)39)32-22-6-8-23(9-7-22)36-14-12-34(4)13-15-36/h6-9,18-19H,10-17,20H2,1-5H3,(H,31,32,33). The van der Waals surface area contributed by atoms with E-state index in [1.165, 1.54) is 5.69 Å². The first kappa shape index (κ1) is 27.3. The number of hydrogen-bond acceptors (Lipinski definition) is 9. The average molecular weight is 561 g/mol. The van der Waals surface area contributed by atoms with Crippen LogP contribution in [0.15, 0.2) is 41.3 Å². The van der Waals surface area contributed by atoms with Crippen LogP contribution in [0.3, 0.4) is 0 Å². The van der Waals surface area contributed by atoms with Gasteiger partial charge < -0.3 is 29.7 Å². The predicted molar refractivity (Wildman–Crippen MR) is 161 cm³/mol. The van der Waals surface area contributed by atoms with E-state index in [4.69, 9.17) is 9.72 Å². The fraction of sp³-hybridized carbons (Fsp3) is 0.533. The van der Waals surface area contributed by atoms with Gasteiger partial charge in [-0.1, -0.05) is 0 Å². The number of rotatable bonds is 4. The van der Waals surface area contributed by atoms with Crippen LogP contribution in [0.2, 0.25) is 0 Å². The summed E-state index contributed by atoms with van der Waals surface area (Å²) < 4.78 is 7.21. The minimum absolute atomic E-state index is 0.101. The largest absolute Gasteiger partial charge is 0.444 e. The van der Waals surface area contributed by atoms with Gasteiger partial charge in [0.05, 0.1) is 5.54 Å². The summed E-state index contributed by atoms with van der Waals surface area (Å²) in [6.45, 7) is 11.4. The third-order valence-corrected chi connectivity index (χ3v) is 8.34. The lowest BCUT2D eigenvalue weighted by molar-refractivity contribution is 0.0205. The van der Waals surface area contributed by atoms with Gasteiger partial charge in [-0.3, -0.25) is 9.36 Å². The number of likely N-dealkylation sites (N-methyl/N-ethyl adjacent to an activating group) is 1. The lowest BCUT2D eigenvalue weighted by Crippen LogP contribution is -2.58. The second-order valence-electron chi connectivity index (χ2n) is 12.6. The first-order valence-electron chi connectivity index (χ1n) is 14.4. The number of nitrogens with zero attached hydrogens (tertiary/aromatic N) is 7. The molecule has 1 saturated carbocycles. The Balaban J connectivity index is 1.19. The number of amides is 1. The van der Waals surface area contributed by atoms with Gasteiger partial charge in [-0.15, -0.1) is 0 Å². The molecule has 0 radical (unpaired) electrons. The van der Waals surface area contributed by atoms with Gasteiger partial charge in [-0.2, -0.15) is 4.98 Å². The molecule has 11 nitrogen and oxygen atoms in total. The van der Waals surface area contributed by atoms with E-state index in [9.17, 15) is 9.59 Å². The number of hydrogen-bond donors (Lipinski definition) is 1. The Bertz CT molecular complexity index is 1500. The molecule has 1 aliphatic carbocycles. The molecule has 4 heterocycles. The zero-order valence-electron chi connectivity index (χ0n) is 24.7. The highest BCUT2D eigenvalue weighted by atomic mass is 16.6. The van der Waals surface area contributed by atoms with Gasteiger partial charge in [0, 0.05) is 75.8 Å². The Labute approximate surface area is 240 Å². The first-order chi connectivity index (χ1) is 19.5. The van der Waals surface area contributed by atoms with E-state index in [1.54, 1.807) is 22.7 Å². The van der Waals surface area contributed by atoms with Crippen LogP contribution in [0.5, 0.6) is 0 Å². The van der Waals surface area contributed by atoms with E-state index in [2.05, 4.69) is 44.2 Å². The molecule has 3 fully saturated rings. The molecule has 2 aliphatic heterocycles. The van der Waals surface area contributed by atoms with E-state index < -0.39 is 5.60 Å². The highest BCUT2D eigenvalue weighted by Crippen LogP contribution is 2.46. The third kappa shape index (κ3) is 5.55. The SMILES string of the molecule is CN1CCN(c2ccc(Nc3ncc4cc(N5CCN(C(=O)OC(C)(C)C)CC56CC6)c(=O)n(C)c4n3)cc2)CC1. The Morgan fingerprint density at radius 2 is 1.71 bits per heavy atom. The molecule has 3 aliphatic rings. The number of ether oxygens (including phenoxy) is 1. The predicted octanol–water partition coefficient (Wildman–Crippen LogP) is 3.41. The van der Waals surface area contributed by atoms with Gasteiger partial charge in [-0.05, 0) is 71.0 Å². The first-order valence-corrected chi connectivity index (χ1v) is 14.4. The number of fused-ring (bicyclic) bond motifs is 1. The molecular formula is C30H40N8O3. The number of carbonyl (C=O) groups is 1. The van der Waals surface area contributed by atoms with Crippen LogP contribution in [0.4, 0.5) is 27.8 Å². The van der Waals surface area contributed by atoms with E-state index in [0.717, 1.165) is 50.1 Å². The molecule has 1 spiro atoms. The fourth-order valence-corrected chi connectivity index (χ4v) is 5.84. The molecule has 0 atom stereocenters. The van der Waals surface area contributed by atoms with Gasteiger partial charge in [0.25, 0.3) is 5.56 Å². The number of aromatic nitrogens is 3. The highest BCUT2D eigenvalue weighted by Gasteiger charge is 2.53. The van der Waals surface area contributed by atoms with Crippen molar-refractivity contribution in [2.45, 2.75) is 44.8 Å². The number of aryl methyl sites for hydroxylation is 1. The zero-order chi connectivity index (χ0) is 28.9. The number of carbonyl (C=O) groups excluding carboxylic acids is 1. The second-order valence-corrected chi connectivity index (χ2v) is 12.6. The van der Waals surface area contributed by atoms with Crippen molar-refractivity contribution in [3.8, 4) is 0 Å². The number of anilines is 4. The van der Waals surface area contributed by atoms with Crippen molar-refractivity contribution in [3.05, 3.63) is 46.9 Å². The van der Waals surface area contributed by atoms with Crippen molar-refractivity contribution in [1.29, 1.82) is 0 Å². The van der Waals surface area contributed by atoms with Crippen LogP contribution in [0.25, 0.3) is 11.0 Å². The van der Waals surface area contributed by atoms with E-state index in [0.29, 0.717) is 36.9 Å². The van der Waals surface area contributed by atoms with Crippen LogP contribution >= 0.6 is 0 Å². The van der Waals surface area contributed by atoms with Crippen LogP contribution in [0, 0.1) is 0 Å². The molecule has 3 aromatic rings. The van der Waals surface area contributed by atoms with Crippen molar-refractivity contribution in [1.82, 2.24) is 24.3 Å². The molecule has 41 heavy (non-hydrogen) atoms. The molecule has 0 bridgehead atoms. The van der Waals surface area contributed by atoms with Crippen molar-refractivity contribution < 1.29 is 9.53 Å². The molecule has 0 unspecified atom stereocenters. The summed E-state index contributed by atoms with van der Waals surface area (Å²) >= 11 is 0. The summed E-state index contributed by atoms with van der Waals surface area (Å²) in [6.07, 6.45) is 3.33. The molecule has 218 valence electrons. The van der Waals surface area contributed by atoms with Crippen molar-refractivity contribution in [2.24, 2.45) is 7.05 Å². The zero-order valence-corrected chi connectivity index (χ0v) is 24.7. The van der Waals surface area contributed by atoms with E-state index in [-0.39, 0.29) is 17.2 Å². The quantitative estimate of drug-likeness (QED) is 0.515. The summed E-state index contributed by atoms with van der Waals surface area (Å²) in [6, 6.07) is 10.2. The minimum atomic E-state index is -0.541. The summed E-state index contributed by atoms with van der Waals surface area (Å²) in [4.78, 5) is 44.3. The summed E-state index contributed by atoms with van der Waals surface area (Å²) in [5.41, 5.74) is 2.43. The van der Waals surface area contributed by atoms with Crippen LogP contribution < -0.4 is 20.7 Å². The number of piperazine rings is 2. The summed E-state index contributed by atoms with van der Waals surface area (Å²) in [5, 5.41) is 4.08. The Hall–Kier alpha value is -3.86. The smallest absolute Gasteiger partial charge is 0.410 e. The maximum absolute atomic E-state index is 13.6. The Morgan fingerprint density at radius 1 is 1.00 bits per heavy atom. The number of pyridine rings is 1. The lowest BCUT2D eigenvalue weighted by atomic mass is 10.1. The molecule has 11 heteroatoms. The summed E-state index contributed by atoms with van der Waals surface area (Å²) in [5.74, 6) is 0.442. The molecule has 6 rings (SSSR count). The van der Waals surface area contributed by atoms with Crippen LogP contribution in [-0.2, 0) is 11.8 Å². The van der Waals surface area contributed by atoms with Crippen molar-refractivity contribution in [3.63, 3.8) is 0 Å². The molecular weight excluding hydrogens is 520 g/mol. The van der Waals surface area contributed by atoms with Crippen molar-refractivity contribution in [2.75, 3.05) is 68.0 Å². The van der Waals surface area contributed by atoms with Crippen LogP contribution in [0.1, 0.15) is 33.6 Å². The minimum Gasteiger partial charge on any atom is -0.444 e. The number of benzene rings is 1. The third-order valence-electron chi connectivity index (χ3n) is 8.34. The Morgan fingerprint density at radius 3 is 2.37 bits per heavy atom. The monoisotopic (exact) mass is 560 g/mol. The molecule has 1 amide bonds. The fourth-order valence-electron chi connectivity index (χ4n) is 5.84. The molecule has 2 aromatic heterocycles. The molecule has 1 aromatic carbocycles. The Kier molecular flexibility index (Phi) is 6.80. The maximum Gasteiger partial charge on any atom is 0.410 e. The summed E-state index contributed by atoms with van der Waals surface area (Å²) in [7, 11) is 3.91. The number of nitrogens with one attached hydrogen (secondary N) is 1. The van der Waals surface area contributed by atoms with Gasteiger partial charge in [-0.25, -0.2) is 9.78 Å². The van der Waals surface area contributed by atoms with Gasteiger partial charge >= 0.3 is 6.09 Å². The van der Waals surface area contributed by atoms with Crippen molar-refractivity contribution >= 4 is 40.1 Å². The molecule has 1 N–H and O–H groups in total. The lowest BCUT2D eigenvalue weighted by Gasteiger charge is -2.43. The normalized spacial score (nSPS) is 19.1. The van der Waals surface area contributed by atoms with E-state index >= 15 is 0 Å². The highest BCUT2D eigenvalue weighted by molar-refractivity contribution is 5.80. The molecule has 2 saturated heterocycles. The second kappa shape index (κ2) is 10.2. The van der Waals surface area contributed by atoms with Gasteiger partial charge in [0.2, 0.25) is 5.95 Å². The van der Waals surface area contributed by atoms with Gasteiger partial charge in [0.15, 0.2) is 0 Å². The average Bonchev–Trinajstić information content (AvgIpc) is 3.70. The maximum atomic E-state index is 13.6. The van der Waals surface area contributed by atoms with E-state index in [1.807, 2.05) is 39.0 Å².